The molecule has 0 aliphatic carbocycles. The highest BCUT2D eigenvalue weighted by molar-refractivity contribution is 5.81. The first-order valence-corrected chi connectivity index (χ1v) is 5.68. The van der Waals surface area contributed by atoms with Gasteiger partial charge in [0.25, 0.3) is 0 Å². The summed E-state index contributed by atoms with van der Waals surface area (Å²) < 4.78 is 5.10. The first kappa shape index (κ1) is 14.4. The highest BCUT2D eigenvalue weighted by Crippen LogP contribution is 1.99. The normalized spacial score (nSPS) is 14.7. The lowest BCUT2D eigenvalue weighted by Crippen LogP contribution is -2.48. The van der Waals surface area contributed by atoms with Gasteiger partial charge in [-0.2, -0.15) is 0 Å². The Morgan fingerprint density at radius 2 is 2.07 bits per heavy atom. The van der Waals surface area contributed by atoms with Crippen molar-refractivity contribution in [3.05, 3.63) is 0 Å². The van der Waals surface area contributed by atoms with Crippen molar-refractivity contribution in [3.63, 3.8) is 0 Å². The molecule has 0 rings (SSSR count). The van der Waals surface area contributed by atoms with E-state index in [2.05, 4.69) is 17.6 Å². The van der Waals surface area contributed by atoms with Crippen molar-refractivity contribution in [3.8, 4) is 0 Å². The summed E-state index contributed by atoms with van der Waals surface area (Å²) in [7, 11) is 1.68. The Bertz CT molecular complexity index is 168. The molecule has 0 bridgehead atoms. The van der Waals surface area contributed by atoms with Crippen LogP contribution in [-0.4, -0.2) is 38.3 Å². The second-order valence-corrected chi connectivity index (χ2v) is 3.72. The topological polar surface area (TPSA) is 50.4 Å². The van der Waals surface area contributed by atoms with Crippen LogP contribution in [0.15, 0.2) is 0 Å². The number of hydrogen-bond donors (Lipinski definition) is 2. The Morgan fingerprint density at radius 1 is 1.40 bits per heavy atom. The molecule has 2 N–H and O–H groups in total. The monoisotopic (exact) mass is 216 g/mol. The van der Waals surface area contributed by atoms with Gasteiger partial charge in [-0.1, -0.05) is 13.3 Å². The Labute approximate surface area is 92.8 Å². The summed E-state index contributed by atoms with van der Waals surface area (Å²) in [5.74, 6) is 0.0507. The Morgan fingerprint density at radius 3 is 2.53 bits per heavy atom. The van der Waals surface area contributed by atoms with Gasteiger partial charge in [0.1, 0.15) is 0 Å². The van der Waals surface area contributed by atoms with Crippen LogP contribution in [-0.2, 0) is 9.53 Å². The van der Waals surface area contributed by atoms with E-state index in [-0.39, 0.29) is 18.0 Å². The molecule has 0 aromatic heterocycles. The van der Waals surface area contributed by atoms with Crippen LogP contribution in [0.3, 0.4) is 0 Å². The summed E-state index contributed by atoms with van der Waals surface area (Å²) in [5, 5.41) is 6.06. The second kappa shape index (κ2) is 8.68. The van der Waals surface area contributed by atoms with Gasteiger partial charge in [0.2, 0.25) is 5.91 Å². The highest BCUT2D eigenvalue weighted by Gasteiger charge is 2.16. The second-order valence-electron chi connectivity index (χ2n) is 3.72. The van der Waals surface area contributed by atoms with Crippen LogP contribution in [0.5, 0.6) is 0 Å². The maximum Gasteiger partial charge on any atom is 0.236 e. The van der Waals surface area contributed by atoms with Crippen LogP contribution in [0.1, 0.15) is 33.6 Å². The number of likely N-dealkylation sites (N-methyl/N-ethyl adjacent to an activating group) is 1. The molecule has 0 aliphatic heterocycles. The van der Waals surface area contributed by atoms with Gasteiger partial charge in [0, 0.05) is 19.7 Å². The molecular weight excluding hydrogens is 192 g/mol. The molecule has 0 saturated heterocycles. The number of carbonyl (C=O) groups is 1. The number of methoxy groups -OCH3 is 1. The van der Waals surface area contributed by atoms with Gasteiger partial charge in [-0.3, -0.25) is 4.79 Å². The van der Waals surface area contributed by atoms with Crippen LogP contribution < -0.4 is 10.6 Å². The van der Waals surface area contributed by atoms with Crippen LogP contribution >= 0.6 is 0 Å². The summed E-state index contributed by atoms with van der Waals surface area (Å²) in [6, 6.07) is 0.106. The van der Waals surface area contributed by atoms with E-state index in [1.165, 1.54) is 0 Å². The highest BCUT2D eigenvalue weighted by atomic mass is 16.5. The predicted octanol–water partition coefficient (Wildman–Crippen LogP) is 0.916. The molecule has 0 saturated carbocycles. The molecule has 0 radical (unpaired) electrons. The average Bonchev–Trinajstić information content (AvgIpc) is 2.18. The molecule has 2 atom stereocenters. The number of hydrogen-bond acceptors (Lipinski definition) is 3. The number of amides is 1. The van der Waals surface area contributed by atoms with E-state index in [9.17, 15) is 4.79 Å². The molecule has 0 aromatic carbocycles. The summed E-state index contributed by atoms with van der Waals surface area (Å²) in [6.07, 6.45) is 2.11. The molecule has 4 nitrogen and oxygen atoms in total. The Balaban J connectivity index is 3.96. The molecule has 15 heavy (non-hydrogen) atoms. The Kier molecular flexibility index (Phi) is 8.33. The SMILES string of the molecule is CCCC(COC)NC(C)C(=O)NCC. The zero-order valence-corrected chi connectivity index (χ0v) is 10.3. The van der Waals surface area contributed by atoms with E-state index in [4.69, 9.17) is 4.74 Å². The fourth-order valence-corrected chi connectivity index (χ4v) is 1.52. The number of nitrogens with one attached hydrogen (secondary N) is 2. The lowest BCUT2D eigenvalue weighted by Gasteiger charge is -2.21. The molecule has 90 valence electrons. The van der Waals surface area contributed by atoms with E-state index < -0.39 is 0 Å². The zero-order chi connectivity index (χ0) is 11.7. The van der Waals surface area contributed by atoms with Crippen molar-refractivity contribution in [2.75, 3.05) is 20.3 Å². The smallest absolute Gasteiger partial charge is 0.236 e. The minimum absolute atomic E-state index is 0.0507. The first-order chi connectivity index (χ1) is 7.15. The summed E-state index contributed by atoms with van der Waals surface area (Å²) in [4.78, 5) is 11.5. The third-order valence-electron chi connectivity index (χ3n) is 2.23. The van der Waals surface area contributed by atoms with Gasteiger partial charge in [-0.05, 0) is 20.3 Å². The van der Waals surface area contributed by atoms with Crippen molar-refractivity contribution in [2.45, 2.75) is 45.7 Å². The van der Waals surface area contributed by atoms with Gasteiger partial charge in [0.15, 0.2) is 0 Å². The number of carbonyl (C=O) groups excluding carboxylic acids is 1. The first-order valence-electron chi connectivity index (χ1n) is 5.68. The fraction of sp³-hybridized carbons (Fsp3) is 0.909. The van der Waals surface area contributed by atoms with Crippen molar-refractivity contribution in [2.24, 2.45) is 0 Å². The van der Waals surface area contributed by atoms with Crippen LogP contribution in [0.2, 0.25) is 0 Å². The molecular formula is C11H24N2O2. The van der Waals surface area contributed by atoms with Crippen LogP contribution in [0, 0.1) is 0 Å². The zero-order valence-electron chi connectivity index (χ0n) is 10.3. The van der Waals surface area contributed by atoms with Gasteiger partial charge < -0.3 is 15.4 Å². The van der Waals surface area contributed by atoms with Crippen LogP contribution in [0.4, 0.5) is 0 Å². The quantitative estimate of drug-likeness (QED) is 0.634. The summed E-state index contributed by atoms with van der Waals surface area (Å²) in [5.41, 5.74) is 0. The Hall–Kier alpha value is -0.610. The molecule has 2 unspecified atom stereocenters. The standard InChI is InChI=1S/C11H24N2O2/c1-5-7-10(8-15-4)13-9(3)11(14)12-6-2/h9-10,13H,5-8H2,1-4H3,(H,12,14). The average molecular weight is 216 g/mol. The third kappa shape index (κ3) is 6.47. The molecule has 0 aliphatic rings. The third-order valence-corrected chi connectivity index (χ3v) is 2.23. The van der Waals surface area contributed by atoms with Crippen molar-refractivity contribution < 1.29 is 9.53 Å². The molecule has 0 fully saturated rings. The van der Waals surface area contributed by atoms with Crippen molar-refractivity contribution >= 4 is 5.91 Å². The van der Waals surface area contributed by atoms with E-state index >= 15 is 0 Å². The van der Waals surface area contributed by atoms with Gasteiger partial charge in [-0.15, -0.1) is 0 Å². The lowest BCUT2D eigenvalue weighted by atomic mass is 10.1. The molecule has 0 aromatic rings. The number of rotatable bonds is 8. The van der Waals surface area contributed by atoms with Crippen LogP contribution in [0.25, 0.3) is 0 Å². The van der Waals surface area contributed by atoms with Gasteiger partial charge >= 0.3 is 0 Å². The molecule has 0 heterocycles. The van der Waals surface area contributed by atoms with E-state index in [0.29, 0.717) is 13.2 Å². The van der Waals surface area contributed by atoms with E-state index in [0.717, 1.165) is 12.8 Å². The van der Waals surface area contributed by atoms with Crippen molar-refractivity contribution in [1.29, 1.82) is 0 Å². The maximum atomic E-state index is 11.5. The van der Waals surface area contributed by atoms with E-state index in [1.807, 2.05) is 13.8 Å². The van der Waals surface area contributed by atoms with Crippen molar-refractivity contribution in [1.82, 2.24) is 10.6 Å². The summed E-state index contributed by atoms with van der Waals surface area (Å²) in [6.45, 7) is 7.25. The fourth-order valence-electron chi connectivity index (χ4n) is 1.52. The minimum Gasteiger partial charge on any atom is -0.383 e. The van der Waals surface area contributed by atoms with Gasteiger partial charge in [-0.25, -0.2) is 0 Å². The van der Waals surface area contributed by atoms with E-state index in [1.54, 1.807) is 7.11 Å². The molecule has 1 amide bonds. The minimum atomic E-state index is -0.156. The molecule has 0 spiro atoms. The molecule has 4 heteroatoms. The number of ether oxygens (including phenoxy) is 1. The maximum absolute atomic E-state index is 11.5. The summed E-state index contributed by atoms with van der Waals surface area (Å²) >= 11 is 0. The largest absolute Gasteiger partial charge is 0.383 e. The van der Waals surface area contributed by atoms with Gasteiger partial charge in [0.05, 0.1) is 12.6 Å². The lowest BCUT2D eigenvalue weighted by molar-refractivity contribution is -0.122. The predicted molar refractivity (Wildman–Crippen MR) is 61.9 cm³/mol.